The zero-order valence-corrected chi connectivity index (χ0v) is 15.3. The van der Waals surface area contributed by atoms with Crippen molar-refractivity contribution in [1.29, 1.82) is 5.26 Å². The molecule has 0 amide bonds. The summed E-state index contributed by atoms with van der Waals surface area (Å²) in [6, 6.07) is 16.8. The number of rotatable bonds is 9. The zero-order valence-electron chi connectivity index (χ0n) is 15.3. The van der Waals surface area contributed by atoms with Gasteiger partial charge in [0.15, 0.2) is 11.5 Å². The molecule has 0 radical (unpaired) electrons. The van der Waals surface area contributed by atoms with Gasteiger partial charge in [-0.1, -0.05) is 36.4 Å². The van der Waals surface area contributed by atoms with Crippen LogP contribution in [0, 0.1) is 11.3 Å². The third kappa shape index (κ3) is 6.17. The third-order valence-corrected chi connectivity index (χ3v) is 3.60. The number of nitrogens with zero attached hydrogens (tertiary/aromatic N) is 1. The zero-order chi connectivity index (χ0) is 19.5. The van der Waals surface area contributed by atoms with Crippen molar-refractivity contribution in [2.45, 2.75) is 6.61 Å². The average Bonchev–Trinajstić information content (AvgIpc) is 2.71. The molecule has 6 heteroatoms. The highest BCUT2D eigenvalue weighted by molar-refractivity contribution is 5.97. The molecule has 0 aromatic heterocycles. The van der Waals surface area contributed by atoms with E-state index in [2.05, 4.69) is 0 Å². The molecule has 0 bridgehead atoms. The Labute approximate surface area is 158 Å². The highest BCUT2D eigenvalue weighted by Gasteiger charge is 2.12. The first-order valence-electron chi connectivity index (χ1n) is 8.30. The lowest BCUT2D eigenvalue weighted by Gasteiger charge is -2.11. The second-order valence-electron chi connectivity index (χ2n) is 5.48. The molecule has 140 valence electrons. The minimum absolute atomic E-state index is 0.0872. The fourth-order valence-electron chi connectivity index (χ4n) is 2.23. The summed E-state index contributed by atoms with van der Waals surface area (Å²) in [5.41, 5.74) is 1.55. The number of methoxy groups -OCH3 is 2. The molecule has 0 unspecified atom stereocenters. The van der Waals surface area contributed by atoms with E-state index in [4.69, 9.17) is 18.9 Å². The van der Waals surface area contributed by atoms with E-state index < -0.39 is 5.97 Å². The fraction of sp³-hybridized carbons (Fsp3) is 0.238. The van der Waals surface area contributed by atoms with E-state index in [1.54, 1.807) is 18.2 Å². The molecule has 0 saturated heterocycles. The number of hydrogen-bond acceptors (Lipinski definition) is 6. The number of esters is 1. The van der Waals surface area contributed by atoms with Gasteiger partial charge in [-0.3, -0.25) is 0 Å². The molecule has 0 fully saturated rings. The number of carbonyl (C=O) groups is 1. The SMILES string of the molecule is COCCOC(=O)C(C#N)=Cc1ccc(OCc2ccccc2)c(OC)c1. The van der Waals surface area contributed by atoms with Crippen LogP contribution in [0.4, 0.5) is 0 Å². The van der Waals surface area contributed by atoms with E-state index in [1.165, 1.54) is 20.3 Å². The third-order valence-electron chi connectivity index (χ3n) is 3.60. The van der Waals surface area contributed by atoms with E-state index >= 15 is 0 Å². The van der Waals surface area contributed by atoms with Crippen molar-refractivity contribution < 1.29 is 23.7 Å². The standard InChI is InChI=1S/C21H21NO5/c1-24-10-11-26-21(23)18(14-22)12-17-8-9-19(20(13-17)25-2)27-15-16-6-4-3-5-7-16/h3-9,12-13H,10-11,15H2,1-2H3. The van der Waals surface area contributed by atoms with Crippen LogP contribution in [0.2, 0.25) is 0 Å². The number of hydrogen-bond donors (Lipinski definition) is 0. The minimum atomic E-state index is -0.696. The quantitative estimate of drug-likeness (QED) is 0.293. The summed E-state index contributed by atoms with van der Waals surface area (Å²) in [6.45, 7) is 0.761. The van der Waals surface area contributed by atoms with Gasteiger partial charge in [-0.25, -0.2) is 4.79 Å². The molecule has 0 aliphatic heterocycles. The molecule has 0 N–H and O–H groups in total. The Kier molecular flexibility index (Phi) is 7.89. The highest BCUT2D eigenvalue weighted by atomic mass is 16.6. The van der Waals surface area contributed by atoms with Crippen LogP contribution in [0.3, 0.4) is 0 Å². The van der Waals surface area contributed by atoms with E-state index in [0.717, 1.165) is 5.56 Å². The molecule has 0 spiro atoms. The molecular weight excluding hydrogens is 346 g/mol. The van der Waals surface area contributed by atoms with Crippen LogP contribution < -0.4 is 9.47 Å². The van der Waals surface area contributed by atoms with Crippen molar-refractivity contribution >= 4 is 12.0 Å². The largest absolute Gasteiger partial charge is 0.493 e. The van der Waals surface area contributed by atoms with Gasteiger partial charge in [0.2, 0.25) is 0 Å². The Morgan fingerprint density at radius 3 is 2.52 bits per heavy atom. The normalized spacial score (nSPS) is 10.8. The summed E-state index contributed by atoms with van der Waals surface area (Å²) in [4.78, 5) is 11.9. The Balaban J connectivity index is 2.11. The molecule has 2 aromatic carbocycles. The van der Waals surface area contributed by atoms with Crippen molar-refractivity contribution in [1.82, 2.24) is 0 Å². The topological polar surface area (TPSA) is 77.8 Å². The lowest BCUT2D eigenvalue weighted by molar-refractivity contribution is -0.139. The second-order valence-corrected chi connectivity index (χ2v) is 5.48. The molecule has 0 atom stereocenters. The van der Waals surface area contributed by atoms with Gasteiger partial charge in [0.05, 0.1) is 13.7 Å². The molecule has 0 aliphatic carbocycles. The van der Waals surface area contributed by atoms with Crippen molar-refractivity contribution in [3.05, 3.63) is 65.2 Å². The summed E-state index contributed by atoms with van der Waals surface area (Å²) in [5.74, 6) is 0.377. The van der Waals surface area contributed by atoms with Crippen LogP contribution in [0.1, 0.15) is 11.1 Å². The number of benzene rings is 2. The van der Waals surface area contributed by atoms with Crippen LogP contribution in [-0.4, -0.2) is 33.4 Å². The molecular formula is C21H21NO5. The van der Waals surface area contributed by atoms with E-state index in [9.17, 15) is 10.1 Å². The molecule has 2 rings (SSSR count). The van der Waals surface area contributed by atoms with Gasteiger partial charge < -0.3 is 18.9 Å². The minimum Gasteiger partial charge on any atom is -0.493 e. The van der Waals surface area contributed by atoms with Gasteiger partial charge in [-0.05, 0) is 29.3 Å². The molecule has 0 saturated carbocycles. The van der Waals surface area contributed by atoms with Crippen LogP contribution in [-0.2, 0) is 20.9 Å². The first-order chi connectivity index (χ1) is 13.2. The highest BCUT2D eigenvalue weighted by Crippen LogP contribution is 2.29. The van der Waals surface area contributed by atoms with Crippen molar-refractivity contribution in [2.75, 3.05) is 27.4 Å². The van der Waals surface area contributed by atoms with Crippen LogP contribution in [0.5, 0.6) is 11.5 Å². The monoisotopic (exact) mass is 367 g/mol. The molecule has 27 heavy (non-hydrogen) atoms. The maximum absolute atomic E-state index is 11.9. The van der Waals surface area contributed by atoms with Gasteiger partial charge in [0, 0.05) is 7.11 Å². The molecule has 0 heterocycles. The van der Waals surface area contributed by atoms with Crippen molar-refractivity contribution in [3.8, 4) is 17.6 Å². The summed E-state index contributed by atoms with van der Waals surface area (Å²) >= 11 is 0. The number of carbonyl (C=O) groups excluding carboxylic acids is 1. The maximum Gasteiger partial charge on any atom is 0.348 e. The smallest absolute Gasteiger partial charge is 0.348 e. The van der Waals surface area contributed by atoms with Crippen molar-refractivity contribution in [2.24, 2.45) is 0 Å². The number of nitriles is 1. The van der Waals surface area contributed by atoms with Crippen LogP contribution in [0.25, 0.3) is 6.08 Å². The average molecular weight is 367 g/mol. The van der Waals surface area contributed by atoms with E-state index in [-0.39, 0.29) is 18.8 Å². The lowest BCUT2D eigenvalue weighted by Crippen LogP contribution is -2.11. The maximum atomic E-state index is 11.9. The van der Waals surface area contributed by atoms with Gasteiger partial charge in [0.25, 0.3) is 0 Å². The molecule has 0 aliphatic rings. The van der Waals surface area contributed by atoms with Gasteiger partial charge >= 0.3 is 5.97 Å². The Bertz CT molecular complexity index is 824. The van der Waals surface area contributed by atoms with Crippen molar-refractivity contribution in [3.63, 3.8) is 0 Å². The Hall–Kier alpha value is -3.30. The summed E-state index contributed by atoms with van der Waals surface area (Å²) in [7, 11) is 3.03. The lowest BCUT2D eigenvalue weighted by atomic mass is 10.1. The fourth-order valence-corrected chi connectivity index (χ4v) is 2.23. The second kappa shape index (κ2) is 10.6. The summed E-state index contributed by atoms with van der Waals surface area (Å²) in [6.07, 6.45) is 1.44. The Morgan fingerprint density at radius 1 is 1.07 bits per heavy atom. The Morgan fingerprint density at radius 2 is 1.85 bits per heavy atom. The predicted octanol–water partition coefficient (Wildman–Crippen LogP) is 3.37. The number of ether oxygens (including phenoxy) is 4. The van der Waals surface area contributed by atoms with E-state index in [1.807, 2.05) is 36.4 Å². The molecule has 6 nitrogen and oxygen atoms in total. The van der Waals surface area contributed by atoms with Gasteiger partial charge in [-0.15, -0.1) is 0 Å². The van der Waals surface area contributed by atoms with Crippen LogP contribution >= 0.6 is 0 Å². The first kappa shape index (κ1) is 20.0. The molecule has 2 aromatic rings. The van der Waals surface area contributed by atoms with Crippen LogP contribution in [0.15, 0.2) is 54.1 Å². The van der Waals surface area contributed by atoms with Gasteiger partial charge in [0.1, 0.15) is 24.9 Å². The summed E-state index contributed by atoms with van der Waals surface area (Å²) in [5, 5.41) is 9.20. The van der Waals surface area contributed by atoms with E-state index in [0.29, 0.717) is 23.7 Å². The summed E-state index contributed by atoms with van der Waals surface area (Å²) < 4.78 is 20.9. The first-order valence-corrected chi connectivity index (χ1v) is 8.30. The van der Waals surface area contributed by atoms with Gasteiger partial charge in [-0.2, -0.15) is 5.26 Å². The predicted molar refractivity (Wildman–Crippen MR) is 100 cm³/mol.